The summed E-state index contributed by atoms with van der Waals surface area (Å²) in [5.41, 5.74) is 5.16. The topological polar surface area (TPSA) is 103 Å². The zero-order valence-corrected chi connectivity index (χ0v) is 23.5. The van der Waals surface area contributed by atoms with Crippen LogP contribution in [0, 0.1) is 11.3 Å². The number of aromatic nitrogens is 5. The summed E-state index contributed by atoms with van der Waals surface area (Å²) in [5, 5.41) is 11.6. The summed E-state index contributed by atoms with van der Waals surface area (Å²) >= 11 is 1.36. The molecular formula is C28H25N8OPS. The van der Waals surface area contributed by atoms with Gasteiger partial charge in [0.25, 0.3) is 5.91 Å². The predicted octanol–water partition coefficient (Wildman–Crippen LogP) is 4.46. The molecular weight excluding hydrogens is 527 g/mol. The van der Waals surface area contributed by atoms with E-state index < -0.39 is 0 Å². The molecule has 1 aliphatic heterocycles. The Kier molecular flexibility index (Phi) is 6.55. The lowest BCUT2D eigenvalue weighted by molar-refractivity contribution is 0.0645. The molecule has 0 aliphatic carbocycles. The van der Waals surface area contributed by atoms with Gasteiger partial charge in [0.2, 0.25) is 0 Å². The first-order valence-electron chi connectivity index (χ1n) is 12.6. The van der Waals surface area contributed by atoms with Crippen molar-refractivity contribution in [2.75, 3.05) is 25.0 Å². The maximum Gasteiger partial charge on any atom is 0.274 e. The van der Waals surface area contributed by atoms with Gasteiger partial charge < -0.3 is 9.80 Å². The van der Waals surface area contributed by atoms with Gasteiger partial charge in [0, 0.05) is 37.5 Å². The van der Waals surface area contributed by atoms with Gasteiger partial charge in [-0.05, 0) is 30.3 Å². The van der Waals surface area contributed by atoms with Crippen LogP contribution in [0.5, 0.6) is 0 Å². The highest BCUT2D eigenvalue weighted by molar-refractivity contribution is 7.27. The minimum absolute atomic E-state index is 0.0778. The number of thiazole rings is 1. The van der Waals surface area contributed by atoms with Crippen molar-refractivity contribution < 1.29 is 4.79 Å². The van der Waals surface area contributed by atoms with Crippen LogP contribution in [-0.4, -0.2) is 55.3 Å². The summed E-state index contributed by atoms with van der Waals surface area (Å²) in [6.07, 6.45) is 6.92. The van der Waals surface area contributed by atoms with E-state index in [-0.39, 0.29) is 5.91 Å². The second kappa shape index (κ2) is 10.2. The minimum Gasteiger partial charge on any atom is -0.337 e. The van der Waals surface area contributed by atoms with Gasteiger partial charge in [-0.15, -0.1) is 9.24 Å². The molecule has 39 heavy (non-hydrogen) atoms. The molecule has 194 valence electrons. The number of anilines is 2. The van der Waals surface area contributed by atoms with E-state index in [1.54, 1.807) is 17.3 Å². The van der Waals surface area contributed by atoms with E-state index in [4.69, 9.17) is 9.97 Å². The molecule has 1 amide bonds. The lowest BCUT2D eigenvalue weighted by atomic mass is 10.1. The molecule has 5 aromatic rings. The number of imidazole rings is 1. The third-order valence-electron chi connectivity index (χ3n) is 6.81. The molecule has 6 rings (SSSR count). The third kappa shape index (κ3) is 4.54. The van der Waals surface area contributed by atoms with Crippen molar-refractivity contribution >= 4 is 48.4 Å². The molecule has 1 atom stereocenters. The third-order valence-corrected chi connectivity index (χ3v) is 8.24. The summed E-state index contributed by atoms with van der Waals surface area (Å²) in [6.45, 7) is 3.62. The number of pyridine rings is 1. The number of hydrogen-bond acceptors (Lipinski definition) is 8. The highest BCUT2D eigenvalue weighted by atomic mass is 32.1. The van der Waals surface area contributed by atoms with Gasteiger partial charge in [0.05, 0.1) is 23.8 Å². The Labute approximate surface area is 232 Å². The van der Waals surface area contributed by atoms with Gasteiger partial charge in [-0.25, -0.2) is 15.0 Å². The number of hydrogen-bond donors (Lipinski definition) is 0. The number of nitriles is 1. The average Bonchev–Trinajstić information content (AvgIpc) is 3.53. The van der Waals surface area contributed by atoms with Crippen LogP contribution in [-0.2, 0) is 6.42 Å². The molecule has 0 radical (unpaired) electrons. The van der Waals surface area contributed by atoms with Crippen LogP contribution >= 0.6 is 20.6 Å². The van der Waals surface area contributed by atoms with Crippen LogP contribution in [0.2, 0.25) is 0 Å². The molecule has 1 aromatic carbocycles. The largest absolute Gasteiger partial charge is 0.337 e. The molecule has 0 spiro atoms. The highest BCUT2D eigenvalue weighted by Crippen LogP contribution is 2.37. The number of nitrogens with zero attached hydrogens (tertiary/aromatic N) is 8. The smallest absolute Gasteiger partial charge is 0.274 e. The normalized spacial score (nSPS) is 12.8. The molecule has 11 heteroatoms. The Balaban J connectivity index is 1.37. The van der Waals surface area contributed by atoms with Gasteiger partial charge >= 0.3 is 0 Å². The zero-order valence-electron chi connectivity index (χ0n) is 21.5. The number of aryl methyl sites for hydroxylation is 1. The molecule has 0 bridgehead atoms. The summed E-state index contributed by atoms with van der Waals surface area (Å²) in [7, 11) is 4.62. The predicted molar refractivity (Wildman–Crippen MR) is 156 cm³/mol. The first-order valence-corrected chi connectivity index (χ1v) is 14.0. The van der Waals surface area contributed by atoms with Crippen LogP contribution < -0.4 is 10.2 Å². The van der Waals surface area contributed by atoms with E-state index in [0.717, 1.165) is 59.5 Å². The molecule has 0 saturated carbocycles. The van der Waals surface area contributed by atoms with Gasteiger partial charge in [0.15, 0.2) is 5.13 Å². The first-order chi connectivity index (χ1) is 19.0. The Morgan fingerprint density at radius 1 is 1.10 bits per heavy atom. The van der Waals surface area contributed by atoms with Crippen molar-refractivity contribution in [1.82, 2.24) is 29.2 Å². The van der Waals surface area contributed by atoms with E-state index in [9.17, 15) is 10.1 Å². The highest BCUT2D eigenvalue weighted by Gasteiger charge is 2.24. The van der Waals surface area contributed by atoms with E-state index in [1.807, 2.05) is 58.9 Å². The molecule has 4 aromatic heterocycles. The molecule has 9 nitrogen and oxygen atoms in total. The van der Waals surface area contributed by atoms with Crippen LogP contribution in [0.4, 0.5) is 10.9 Å². The van der Waals surface area contributed by atoms with Crippen LogP contribution in [0.3, 0.4) is 0 Å². The Hall–Kier alpha value is -4.19. The second-order valence-corrected chi connectivity index (χ2v) is 10.9. The van der Waals surface area contributed by atoms with E-state index >= 15 is 0 Å². The maximum atomic E-state index is 12.5. The number of benzene rings is 1. The van der Waals surface area contributed by atoms with E-state index in [1.165, 1.54) is 11.3 Å². The van der Waals surface area contributed by atoms with Crippen molar-refractivity contribution in [2.24, 2.45) is 0 Å². The molecule has 5 heterocycles. The second-order valence-electron chi connectivity index (χ2n) is 9.28. The van der Waals surface area contributed by atoms with Gasteiger partial charge in [-0.1, -0.05) is 42.5 Å². The molecule has 1 fully saturated rings. The van der Waals surface area contributed by atoms with E-state index in [0.29, 0.717) is 27.1 Å². The fourth-order valence-electron chi connectivity index (χ4n) is 4.55. The lowest BCUT2D eigenvalue weighted by Crippen LogP contribution is -2.42. The van der Waals surface area contributed by atoms with Crippen molar-refractivity contribution in [2.45, 2.75) is 19.8 Å². The number of rotatable bonds is 6. The Bertz CT molecular complexity index is 1730. The Morgan fingerprint density at radius 2 is 1.87 bits per heavy atom. The Morgan fingerprint density at radius 3 is 2.51 bits per heavy atom. The number of carbonyl (C=O) groups excluding carboxylic acids is 1. The van der Waals surface area contributed by atoms with Crippen LogP contribution in [0.1, 0.15) is 34.4 Å². The first kappa shape index (κ1) is 25.1. The minimum atomic E-state index is -0.0778. The standard InChI is InChI=1S/C28H25N8OPS/c1-3-20-26(34(2)28-33-25(23(13-29)39-28)17-5-8-19(38)9-6-17)36-16-18(7-10-24(36)32-20)21-14-31-22(15-30-21)27(37)35-11-4-12-35/h5-10,14-16H,3-4,11-12,38H2,1-2H3. The summed E-state index contributed by atoms with van der Waals surface area (Å²) < 4.78 is 2.02. The van der Waals surface area contributed by atoms with E-state index in [2.05, 4.69) is 32.2 Å². The van der Waals surface area contributed by atoms with Crippen molar-refractivity contribution in [3.63, 3.8) is 0 Å². The number of likely N-dealkylation sites (tertiary alicyclic amines) is 1. The number of amides is 1. The average molecular weight is 553 g/mol. The molecule has 1 aliphatic rings. The number of carbonyl (C=O) groups is 1. The van der Waals surface area contributed by atoms with Gasteiger partial charge in [-0.2, -0.15) is 5.26 Å². The van der Waals surface area contributed by atoms with Crippen LogP contribution in [0.25, 0.3) is 28.2 Å². The summed E-state index contributed by atoms with van der Waals surface area (Å²) in [6, 6.07) is 14.1. The monoisotopic (exact) mass is 552 g/mol. The van der Waals surface area contributed by atoms with Crippen molar-refractivity contribution in [3.8, 4) is 28.6 Å². The van der Waals surface area contributed by atoms with Gasteiger partial charge in [-0.3, -0.25) is 14.2 Å². The SMILES string of the molecule is CCc1nc2ccc(-c3cnc(C(=O)N4CCC4)cn3)cn2c1N(C)c1nc(-c2ccc(P)cc2)c(C#N)s1. The van der Waals surface area contributed by atoms with Crippen molar-refractivity contribution in [1.29, 1.82) is 5.26 Å². The fraction of sp³-hybridized carbons (Fsp3) is 0.214. The van der Waals surface area contributed by atoms with Crippen LogP contribution in [0.15, 0.2) is 55.0 Å². The maximum absolute atomic E-state index is 12.5. The van der Waals surface area contributed by atoms with Crippen molar-refractivity contribution in [3.05, 3.63) is 71.3 Å². The quantitative estimate of drug-likeness (QED) is 0.287. The zero-order chi connectivity index (χ0) is 27.1. The molecule has 0 N–H and O–H groups in total. The van der Waals surface area contributed by atoms with Gasteiger partial charge in [0.1, 0.15) is 33.8 Å². The number of fused-ring (bicyclic) bond motifs is 1. The fourth-order valence-corrected chi connectivity index (χ4v) is 5.59. The lowest BCUT2D eigenvalue weighted by Gasteiger charge is -2.30. The molecule has 1 saturated heterocycles. The molecule has 1 unspecified atom stereocenters. The summed E-state index contributed by atoms with van der Waals surface area (Å²) in [5.74, 6) is 0.794. The summed E-state index contributed by atoms with van der Waals surface area (Å²) in [4.78, 5) is 35.4.